The molecule has 1 amide bonds. The number of rotatable bonds is 5. The molecule has 1 heterocycles. The van der Waals surface area contributed by atoms with E-state index in [1.807, 2.05) is 6.07 Å². The lowest BCUT2D eigenvalue weighted by atomic mass is 9.77. The second-order valence-corrected chi connectivity index (χ2v) is 8.03. The molecular formula is C19H23Cl2NO3. The van der Waals surface area contributed by atoms with Crippen molar-refractivity contribution in [2.75, 3.05) is 19.7 Å². The molecule has 4 nitrogen and oxygen atoms in total. The predicted molar refractivity (Wildman–Crippen MR) is 98.3 cm³/mol. The van der Waals surface area contributed by atoms with Crippen LogP contribution < -0.4 is 0 Å². The molecule has 0 N–H and O–H groups in total. The van der Waals surface area contributed by atoms with Crippen molar-refractivity contribution in [3.63, 3.8) is 0 Å². The lowest BCUT2D eigenvalue weighted by molar-refractivity contribution is -0.110. The molecule has 1 atom stereocenters. The van der Waals surface area contributed by atoms with Crippen LogP contribution in [0.4, 0.5) is 4.79 Å². The number of aldehydes is 1. The number of nitrogens with zero attached hydrogens (tertiary/aromatic N) is 1. The van der Waals surface area contributed by atoms with Gasteiger partial charge in [-0.1, -0.05) is 48.5 Å². The minimum absolute atomic E-state index is 0.184. The average molecular weight is 384 g/mol. The van der Waals surface area contributed by atoms with Crippen molar-refractivity contribution >= 4 is 35.6 Å². The van der Waals surface area contributed by atoms with Crippen LogP contribution in [-0.2, 0) is 14.9 Å². The van der Waals surface area contributed by atoms with Crippen LogP contribution in [0.5, 0.6) is 0 Å². The number of halogens is 2. The smallest absolute Gasteiger partial charge is 0.409 e. The van der Waals surface area contributed by atoms with E-state index in [4.69, 9.17) is 27.9 Å². The van der Waals surface area contributed by atoms with Crippen molar-refractivity contribution in [3.8, 4) is 0 Å². The zero-order chi connectivity index (χ0) is 17.9. The summed E-state index contributed by atoms with van der Waals surface area (Å²) in [6.45, 7) is 1.35. The Bertz CT molecular complexity index is 646. The van der Waals surface area contributed by atoms with E-state index in [1.54, 1.807) is 17.0 Å². The van der Waals surface area contributed by atoms with Gasteiger partial charge in [0.05, 0.1) is 15.5 Å². The summed E-state index contributed by atoms with van der Waals surface area (Å²) in [6.07, 6.45) is 6.90. The normalized spacial score (nSPS) is 24.9. The van der Waals surface area contributed by atoms with E-state index in [1.165, 1.54) is 19.3 Å². The molecule has 136 valence electrons. The highest BCUT2D eigenvalue weighted by atomic mass is 35.5. The van der Waals surface area contributed by atoms with Crippen molar-refractivity contribution in [2.24, 2.45) is 5.92 Å². The van der Waals surface area contributed by atoms with Crippen LogP contribution in [0.2, 0.25) is 10.0 Å². The number of ether oxygens (including phenoxy) is 1. The summed E-state index contributed by atoms with van der Waals surface area (Å²) in [5, 5.41) is 0.915. The Morgan fingerprint density at radius 3 is 2.64 bits per heavy atom. The quantitative estimate of drug-likeness (QED) is 0.682. The maximum Gasteiger partial charge on any atom is 0.409 e. The summed E-state index contributed by atoms with van der Waals surface area (Å²) in [7, 11) is 0. The minimum atomic E-state index is -0.571. The largest absolute Gasteiger partial charge is 0.448 e. The zero-order valence-corrected chi connectivity index (χ0v) is 15.7. The van der Waals surface area contributed by atoms with Gasteiger partial charge in [-0.2, -0.15) is 0 Å². The molecule has 3 rings (SSSR count). The lowest BCUT2D eigenvalue weighted by Crippen LogP contribution is -2.54. The monoisotopic (exact) mass is 383 g/mol. The second kappa shape index (κ2) is 7.96. The Hall–Kier alpha value is -1.26. The molecule has 1 saturated carbocycles. The van der Waals surface area contributed by atoms with Gasteiger partial charge in [-0.05, 0) is 36.5 Å². The van der Waals surface area contributed by atoms with Crippen molar-refractivity contribution in [3.05, 3.63) is 33.8 Å². The molecule has 6 heteroatoms. The zero-order valence-electron chi connectivity index (χ0n) is 14.2. The van der Waals surface area contributed by atoms with Crippen LogP contribution >= 0.6 is 23.2 Å². The molecule has 25 heavy (non-hydrogen) atoms. The minimum Gasteiger partial charge on any atom is -0.448 e. The van der Waals surface area contributed by atoms with E-state index in [0.717, 1.165) is 24.7 Å². The van der Waals surface area contributed by atoms with E-state index in [2.05, 4.69) is 0 Å². The standard InChI is InChI=1S/C19H23Cl2NO3/c20-16-7-6-15(10-17(16)21)19(8-9-23)12-22(18(24)25-13-19)11-14-4-2-1-3-5-14/h6-7,9-10,14H,1-5,8,11-13H2. The summed E-state index contributed by atoms with van der Waals surface area (Å²) in [5.74, 6) is 0.516. The number of cyclic esters (lactones) is 1. The average Bonchev–Trinajstić information content (AvgIpc) is 2.61. The van der Waals surface area contributed by atoms with Crippen molar-refractivity contribution in [1.29, 1.82) is 0 Å². The number of benzene rings is 1. The summed E-state index contributed by atoms with van der Waals surface area (Å²) < 4.78 is 5.48. The Balaban J connectivity index is 1.83. The Labute approximate surface area is 158 Å². The van der Waals surface area contributed by atoms with Crippen LogP contribution in [0.3, 0.4) is 0 Å². The lowest BCUT2D eigenvalue weighted by Gasteiger charge is -2.43. The van der Waals surface area contributed by atoms with E-state index in [0.29, 0.717) is 29.1 Å². The van der Waals surface area contributed by atoms with Gasteiger partial charge >= 0.3 is 6.09 Å². The molecule has 1 aliphatic heterocycles. The fourth-order valence-electron chi connectivity index (χ4n) is 3.99. The van der Waals surface area contributed by atoms with E-state index < -0.39 is 5.41 Å². The first-order valence-corrected chi connectivity index (χ1v) is 9.60. The number of hydrogen-bond donors (Lipinski definition) is 0. The Morgan fingerprint density at radius 2 is 1.96 bits per heavy atom. The number of carbonyl (C=O) groups excluding carboxylic acids is 2. The molecule has 0 bridgehead atoms. The molecule has 0 spiro atoms. The van der Waals surface area contributed by atoms with Gasteiger partial charge in [0.2, 0.25) is 0 Å². The molecule has 2 aliphatic rings. The molecule has 0 aromatic heterocycles. The van der Waals surface area contributed by atoms with Gasteiger partial charge in [0.25, 0.3) is 0 Å². The number of hydrogen-bond acceptors (Lipinski definition) is 3. The van der Waals surface area contributed by atoms with Gasteiger partial charge in [0.15, 0.2) is 0 Å². The molecule has 1 aliphatic carbocycles. The van der Waals surface area contributed by atoms with Gasteiger partial charge in [0, 0.05) is 19.5 Å². The van der Waals surface area contributed by atoms with Gasteiger partial charge in [-0.25, -0.2) is 4.79 Å². The maximum absolute atomic E-state index is 12.3. The summed E-state index contributed by atoms with van der Waals surface area (Å²) in [4.78, 5) is 25.4. The van der Waals surface area contributed by atoms with Crippen molar-refractivity contribution < 1.29 is 14.3 Å². The summed E-state index contributed by atoms with van der Waals surface area (Å²) >= 11 is 12.2. The van der Waals surface area contributed by atoms with Crippen LogP contribution in [0.1, 0.15) is 44.1 Å². The fraction of sp³-hybridized carbons (Fsp3) is 0.579. The molecule has 1 saturated heterocycles. The van der Waals surface area contributed by atoms with Gasteiger partial charge in [-0.15, -0.1) is 0 Å². The van der Waals surface area contributed by atoms with Crippen LogP contribution in [0.15, 0.2) is 18.2 Å². The molecule has 0 radical (unpaired) electrons. The van der Waals surface area contributed by atoms with Gasteiger partial charge in [-0.3, -0.25) is 0 Å². The fourth-order valence-corrected chi connectivity index (χ4v) is 4.29. The Kier molecular flexibility index (Phi) is 5.90. The molecule has 2 fully saturated rings. The molecular weight excluding hydrogens is 361 g/mol. The number of carbonyl (C=O) groups is 2. The van der Waals surface area contributed by atoms with Crippen LogP contribution in [0, 0.1) is 5.92 Å². The first-order chi connectivity index (χ1) is 12.0. The third-order valence-corrected chi connectivity index (χ3v) is 6.17. The topological polar surface area (TPSA) is 46.6 Å². The van der Waals surface area contributed by atoms with Crippen molar-refractivity contribution in [2.45, 2.75) is 43.9 Å². The molecule has 1 unspecified atom stereocenters. The van der Waals surface area contributed by atoms with E-state index >= 15 is 0 Å². The highest BCUT2D eigenvalue weighted by Gasteiger charge is 2.42. The SMILES string of the molecule is O=CCC1(c2ccc(Cl)c(Cl)c2)COC(=O)N(CC2CCCCC2)C1. The molecule has 1 aromatic rings. The van der Waals surface area contributed by atoms with E-state index in [9.17, 15) is 9.59 Å². The van der Waals surface area contributed by atoms with Crippen molar-refractivity contribution in [1.82, 2.24) is 4.90 Å². The van der Waals surface area contributed by atoms with Crippen LogP contribution in [-0.4, -0.2) is 37.0 Å². The van der Waals surface area contributed by atoms with Gasteiger partial charge < -0.3 is 14.4 Å². The second-order valence-electron chi connectivity index (χ2n) is 7.22. The number of amides is 1. The molecule has 1 aromatic carbocycles. The first kappa shape index (κ1) is 18.5. The summed E-state index contributed by atoms with van der Waals surface area (Å²) in [5.41, 5.74) is 0.314. The third-order valence-electron chi connectivity index (χ3n) is 5.43. The maximum atomic E-state index is 12.3. The highest BCUT2D eigenvalue weighted by molar-refractivity contribution is 6.42. The first-order valence-electron chi connectivity index (χ1n) is 8.85. The summed E-state index contributed by atoms with van der Waals surface area (Å²) in [6, 6.07) is 5.38. The predicted octanol–water partition coefficient (Wildman–Crippen LogP) is 4.85. The Morgan fingerprint density at radius 1 is 1.20 bits per heavy atom. The van der Waals surface area contributed by atoms with E-state index in [-0.39, 0.29) is 19.1 Å². The van der Waals surface area contributed by atoms with Crippen LogP contribution in [0.25, 0.3) is 0 Å². The highest BCUT2D eigenvalue weighted by Crippen LogP contribution is 2.36. The third kappa shape index (κ3) is 4.12. The van der Waals surface area contributed by atoms with Gasteiger partial charge in [0.1, 0.15) is 12.9 Å².